The number of hydrogen-bond donors (Lipinski definition) is 1. The highest BCUT2D eigenvalue weighted by molar-refractivity contribution is 5.31. The number of piperazine rings is 1. The molecule has 0 spiro atoms. The van der Waals surface area contributed by atoms with Gasteiger partial charge in [0.1, 0.15) is 5.75 Å². The topological polar surface area (TPSA) is 35.9 Å². The number of ether oxygens (including phenoxy) is 1. The Morgan fingerprint density at radius 1 is 1.04 bits per heavy atom. The second-order valence-corrected chi connectivity index (χ2v) is 7.94. The van der Waals surface area contributed by atoms with Gasteiger partial charge in [-0.3, -0.25) is 0 Å². The minimum Gasteiger partial charge on any atom is -0.406 e. The van der Waals surface area contributed by atoms with Crippen LogP contribution in [0.1, 0.15) is 43.6 Å². The Bertz CT molecular complexity index is 592. The van der Waals surface area contributed by atoms with Crippen molar-refractivity contribution < 1.29 is 23.0 Å². The van der Waals surface area contributed by atoms with Gasteiger partial charge in [-0.15, -0.1) is 13.2 Å². The maximum absolute atomic E-state index is 12.4. The van der Waals surface area contributed by atoms with Crippen LogP contribution in [0.2, 0.25) is 0 Å². The summed E-state index contributed by atoms with van der Waals surface area (Å²) in [4.78, 5) is 4.64. The Labute approximate surface area is 158 Å². The van der Waals surface area contributed by atoms with Crippen molar-refractivity contribution in [2.45, 2.75) is 50.0 Å². The molecule has 0 bridgehead atoms. The summed E-state index contributed by atoms with van der Waals surface area (Å²) in [5.41, 5.74) is 0.0847. The molecule has 1 saturated carbocycles. The lowest BCUT2D eigenvalue weighted by molar-refractivity contribution is -0.274. The molecule has 1 heterocycles. The van der Waals surface area contributed by atoms with E-state index in [4.69, 9.17) is 0 Å². The van der Waals surface area contributed by atoms with Crippen molar-refractivity contribution in [3.63, 3.8) is 0 Å². The summed E-state index contributed by atoms with van der Waals surface area (Å²) in [6, 6.07) is 6.06. The van der Waals surface area contributed by atoms with Crippen LogP contribution in [0.5, 0.6) is 5.75 Å². The quantitative estimate of drug-likeness (QED) is 0.839. The molecule has 1 aromatic carbocycles. The van der Waals surface area contributed by atoms with Crippen molar-refractivity contribution in [1.29, 1.82) is 0 Å². The molecule has 1 aromatic rings. The van der Waals surface area contributed by atoms with Crippen LogP contribution in [0, 0.1) is 0 Å². The van der Waals surface area contributed by atoms with Gasteiger partial charge >= 0.3 is 6.36 Å². The molecule has 2 fully saturated rings. The average Bonchev–Trinajstić information content (AvgIpc) is 2.61. The third-order valence-corrected chi connectivity index (χ3v) is 5.92. The van der Waals surface area contributed by atoms with E-state index in [1.807, 2.05) is 0 Å². The van der Waals surface area contributed by atoms with Crippen molar-refractivity contribution >= 4 is 0 Å². The lowest BCUT2D eigenvalue weighted by Gasteiger charge is -2.43. The van der Waals surface area contributed by atoms with Crippen LogP contribution >= 0.6 is 0 Å². The number of aliphatic hydroxyl groups is 1. The first-order valence-electron chi connectivity index (χ1n) is 9.74. The fourth-order valence-corrected chi connectivity index (χ4v) is 4.29. The second-order valence-electron chi connectivity index (χ2n) is 7.94. The van der Waals surface area contributed by atoms with E-state index >= 15 is 0 Å². The van der Waals surface area contributed by atoms with Crippen molar-refractivity contribution in [2.24, 2.45) is 0 Å². The first kappa shape index (κ1) is 20.4. The normalized spacial score (nSPS) is 23.1. The molecule has 1 aliphatic heterocycles. The summed E-state index contributed by atoms with van der Waals surface area (Å²) >= 11 is 0. The minimum atomic E-state index is -4.69. The zero-order valence-electron chi connectivity index (χ0n) is 15.8. The number of halogens is 3. The van der Waals surface area contributed by atoms with Gasteiger partial charge in [0, 0.05) is 38.6 Å². The van der Waals surface area contributed by atoms with Gasteiger partial charge in [0.2, 0.25) is 0 Å². The van der Waals surface area contributed by atoms with Gasteiger partial charge in [-0.25, -0.2) is 0 Å². The highest BCUT2D eigenvalue weighted by Crippen LogP contribution is 2.41. The first-order chi connectivity index (χ1) is 12.8. The van der Waals surface area contributed by atoms with Gasteiger partial charge < -0.3 is 19.6 Å². The molecule has 1 atom stereocenters. The smallest absolute Gasteiger partial charge is 0.406 e. The summed E-state index contributed by atoms with van der Waals surface area (Å²) in [6.45, 7) is 4.59. The molecule has 3 rings (SSSR count). The largest absolute Gasteiger partial charge is 0.573 e. The van der Waals surface area contributed by atoms with Gasteiger partial charge in [0.15, 0.2) is 0 Å². The maximum atomic E-state index is 12.4. The van der Waals surface area contributed by atoms with Crippen LogP contribution in [0.3, 0.4) is 0 Å². The molecule has 0 radical (unpaired) electrons. The van der Waals surface area contributed by atoms with E-state index in [1.54, 1.807) is 12.1 Å². The Kier molecular flexibility index (Phi) is 6.33. The molecule has 1 N–H and O–H groups in total. The van der Waals surface area contributed by atoms with Crippen molar-refractivity contribution in [3.8, 4) is 5.75 Å². The zero-order chi connectivity index (χ0) is 19.5. The van der Waals surface area contributed by atoms with Crippen LogP contribution < -0.4 is 4.74 Å². The molecule has 1 aliphatic carbocycles. The van der Waals surface area contributed by atoms with Crippen LogP contribution in [0.4, 0.5) is 13.2 Å². The molecule has 152 valence electrons. The van der Waals surface area contributed by atoms with Crippen LogP contribution in [0.25, 0.3) is 0 Å². The molecule has 0 aromatic heterocycles. The fourth-order valence-electron chi connectivity index (χ4n) is 4.29. The highest BCUT2D eigenvalue weighted by Gasteiger charge is 2.40. The Hall–Kier alpha value is -1.31. The first-order valence-corrected chi connectivity index (χ1v) is 9.74. The average molecular weight is 386 g/mol. The lowest BCUT2D eigenvalue weighted by Crippen LogP contribution is -2.50. The maximum Gasteiger partial charge on any atom is 0.573 e. The van der Waals surface area contributed by atoms with E-state index in [-0.39, 0.29) is 11.7 Å². The number of nitrogens with zero attached hydrogens (tertiary/aromatic N) is 2. The second kappa shape index (κ2) is 8.37. The van der Waals surface area contributed by atoms with Gasteiger partial charge in [-0.1, -0.05) is 31.4 Å². The van der Waals surface area contributed by atoms with E-state index in [2.05, 4.69) is 21.6 Å². The zero-order valence-corrected chi connectivity index (χ0v) is 15.8. The Morgan fingerprint density at radius 3 is 2.19 bits per heavy atom. The lowest BCUT2D eigenvalue weighted by atomic mass is 9.72. The monoisotopic (exact) mass is 386 g/mol. The predicted molar refractivity (Wildman–Crippen MR) is 97.8 cm³/mol. The van der Waals surface area contributed by atoms with E-state index in [0.717, 1.165) is 70.4 Å². The Morgan fingerprint density at radius 2 is 1.63 bits per heavy atom. The summed E-state index contributed by atoms with van der Waals surface area (Å²) < 4.78 is 41.3. The molecule has 0 amide bonds. The van der Waals surface area contributed by atoms with Crippen LogP contribution in [-0.2, 0) is 0 Å². The number of alkyl halides is 3. The standard InChI is InChI=1S/C20H29F3N2O2/c1-24-11-13-25(14-12-24)15-18(19(26)9-3-2-4-10-19)16-5-7-17(8-6-16)27-20(21,22)23/h5-8,18,26H,2-4,9-15H2,1H3. The molecular weight excluding hydrogens is 357 g/mol. The van der Waals surface area contributed by atoms with Gasteiger partial charge in [0.05, 0.1) is 5.60 Å². The molecule has 7 heteroatoms. The summed E-state index contributed by atoms with van der Waals surface area (Å²) in [7, 11) is 2.10. The van der Waals surface area contributed by atoms with Gasteiger partial charge in [0.25, 0.3) is 0 Å². The summed E-state index contributed by atoms with van der Waals surface area (Å²) in [6.07, 6.45) is -0.0986. The number of benzene rings is 1. The predicted octanol–water partition coefficient (Wildman–Crippen LogP) is 3.61. The Balaban J connectivity index is 1.78. The van der Waals surface area contributed by atoms with E-state index in [9.17, 15) is 18.3 Å². The van der Waals surface area contributed by atoms with Gasteiger partial charge in [-0.2, -0.15) is 0 Å². The van der Waals surface area contributed by atoms with Crippen molar-refractivity contribution in [1.82, 2.24) is 9.80 Å². The fraction of sp³-hybridized carbons (Fsp3) is 0.700. The third kappa shape index (κ3) is 5.59. The van der Waals surface area contributed by atoms with Crippen LogP contribution in [0.15, 0.2) is 24.3 Å². The molecule has 27 heavy (non-hydrogen) atoms. The molecule has 1 saturated heterocycles. The molecule has 1 unspecified atom stereocenters. The molecule has 4 nitrogen and oxygen atoms in total. The highest BCUT2D eigenvalue weighted by atomic mass is 19.4. The minimum absolute atomic E-state index is 0.110. The summed E-state index contributed by atoms with van der Waals surface area (Å²) in [5.74, 6) is -0.332. The number of hydrogen-bond acceptors (Lipinski definition) is 4. The van der Waals surface area contributed by atoms with E-state index in [1.165, 1.54) is 12.1 Å². The number of rotatable bonds is 5. The van der Waals surface area contributed by atoms with Crippen molar-refractivity contribution in [2.75, 3.05) is 39.8 Å². The van der Waals surface area contributed by atoms with Gasteiger partial charge in [-0.05, 0) is 37.6 Å². The molecule has 2 aliphatic rings. The SMILES string of the molecule is CN1CCN(CC(c2ccc(OC(F)(F)F)cc2)C2(O)CCCCC2)CC1. The number of likely N-dealkylation sites (N-methyl/N-ethyl adjacent to an activating group) is 1. The van der Waals surface area contributed by atoms with E-state index in [0.29, 0.717) is 0 Å². The third-order valence-electron chi connectivity index (χ3n) is 5.92. The van der Waals surface area contributed by atoms with E-state index < -0.39 is 12.0 Å². The summed E-state index contributed by atoms with van der Waals surface area (Å²) in [5, 5.41) is 11.4. The molecular formula is C20H29F3N2O2. The van der Waals surface area contributed by atoms with Crippen molar-refractivity contribution in [3.05, 3.63) is 29.8 Å². The van der Waals surface area contributed by atoms with Crippen LogP contribution in [-0.4, -0.2) is 66.6 Å².